The molecule has 0 aliphatic carbocycles. The van der Waals surface area contributed by atoms with Crippen LogP contribution in [0.1, 0.15) is 38.2 Å². The Balaban J connectivity index is 1.27. The maximum absolute atomic E-state index is 5.96. The highest BCUT2D eigenvalue weighted by molar-refractivity contribution is 5.68. The van der Waals surface area contributed by atoms with Crippen LogP contribution in [0.15, 0.2) is 84.9 Å². The largest absolute Gasteiger partial charge is 0.494 e. The fraction of sp³-hybridized carbons (Fsp3) is 0.250. The summed E-state index contributed by atoms with van der Waals surface area (Å²) in [6.45, 7) is 3.53. The Kier molecular flexibility index (Phi) is 7.59. The van der Waals surface area contributed by atoms with Crippen molar-refractivity contribution >= 4 is 0 Å². The number of benzene rings is 3. The van der Waals surface area contributed by atoms with Crippen LogP contribution >= 0.6 is 0 Å². The molecule has 0 unspecified atom stereocenters. The predicted octanol–water partition coefficient (Wildman–Crippen LogP) is 7.28. The molecule has 4 rings (SSSR count). The Labute approximate surface area is 190 Å². The smallest absolute Gasteiger partial charge is 0.119 e. The van der Waals surface area contributed by atoms with Gasteiger partial charge >= 0.3 is 0 Å². The molecule has 0 aliphatic heterocycles. The minimum absolute atomic E-state index is 0.526. The first-order valence-electron chi connectivity index (χ1n) is 11.4. The number of ether oxygens (including phenoxy) is 2. The SMILES string of the molecule is CCCCCCOc1ccc(COc2ccc(-c3cc(-c4ccccc4)n[nH]3)cc2)cc1. The van der Waals surface area contributed by atoms with Crippen molar-refractivity contribution in [2.75, 3.05) is 6.61 Å². The molecule has 3 aromatic carbocycles. The Hall–Kier alpha value is -3.53. The first-order chi connectivity index (χ1) is 15.8. The number of nitrogens with one attached hydrogen (secondary N) is 1. The number of aromatic amines is 1. The van der Waals surface area contributed by atoms with E-state index in [-0.39, 0.29) is 0 Å². The third kappa shape index (κ3) is 6.01. The molecule has 1 aromatic heterocycles. The number of rotatable bonds is 11. The maximum Gasteiger partial charge on any atom is 0.119 e. The van der Waals surface area contributed by atoms with Gasteiger partial charge in [0.25, 0.3) is 0 Å². The second-order valence-corrected chi connectivity index (χ2v) is 7.90. The molecule has 0 spiro atoms. The minimum atomic E-state index is 0.526. The lowest BCUT2D eigenvalue weighted by Gasteiger charge is -2.09. The van der Waals surface area contributed by atoms with E-state index in [4.69, 9.17) is 9.47 Å². The van der Waals surface area contributed by atoms with Crippen LogP contribution in [0.3, 0.4) is 0 Å². The van der Waals surface area contributed by atoms with E-state index in [1.165, 1.54) is 19.3 Å². The highest BCUT2D eigenvalue weighted by Crippen LogP contribution is 2.25. The topological polar surface area (TPSA) is 47.1 Å². The molecule has 0 atom stereocenters. The summed E-state index contributed by atoms with van der Waals surface area (Å²) >= 11 is 0. The second kappa shape index (κ2) is 11.2. The Bertz CT molecular complexity index is 1070. The molecule has 1 N–H and O–H groups in total. The van der Waals surface area contributed by atoms with Crippen molar-refractivity contribution in [1.82, 2.24) is 10.2 Å². The van der Waals surface area contributed by atoms with Crippen LogP contribution < -0.4 is 9.47 Å². The standard InChI is InChI=1S/C28H30N2O2/c1-2-3-4-8-19-31-25-15-11-22(12-16-25)21-32-26-17-13-24(14-18-26)28-20-27(29-30-28)23-9-6-5-7-10-23/h5-7,9-18,20H,2-4,8,19,21H2,1H3,(H,29,30). The van der Waals surface area contributed by atoms with Crippen molar-refractivity contribution in [3.05, 3.63) is 90.5 Å². The van der Waals surface area contributed by atoms with Crippen LogP contribution in [0.25, 0.3) is 22.5 Å². The average Bonchev–Trinajstić information content (AvgIpc) is 3.35. The van der Waals surface area contributed by atoms with Gasteiger partial charge < -0.3 is 9.47 Å². The van der Waals surface area contributed by atoms with Crippen LogP contribution in [0, 0.1) is 0 Å². The van der Waals surface area contributed by atoms with Crippen LogP contribution in [0.4, 0.5) is 0 Å². The third-order valence-corrected chi connectivity index (χ3v) is 5.41. The summed E-state index contributed by atoms with van der Waals surface area (Å²) in [5.74, 6) is 1.76. The lowest BCUT2D eigenvalue weighted by Crippen LogP contribution is -1.98. The Morgan fingerprint density at radius 1 is 0.719 bits per heavy atom. The predicted molar refractivity (Wildman–Crippen MR) is 130 cm³/mol. The normalized spacial score (nSPS) is 10.8. The first-order valence-corrected chi connectivity index (χ1v) is 11.4. The number of H-pyrrole nitrogens is 1. The number of unbranched alkanes of at least 4 members (excludes halogenated alkanes) is 3. The summed E-state index contributed by atoms with van der Waals surface area (Å²) in [6, 6.07) is 28.5. The van der Waals surface area contributed by atoms with E-state index < -0.39 is 0 Å². The molecule has 1 heterocycles. The molecular weight excluding hydrogens is 396 g/mol. The quantitative estimate of drug-likeness (QED) is 0.256. The fourth-order valence-corrected chi connectivity index (χ4v) is 3.52. The summed E-state index contributed by atoms with van der Waals surface area (Å²) < 4.78 is 11.8. The van der Waals surface area contributed by atoms with E-state index in [0.29, 0.717) is 6.61 Å². The van der Waals surface area contributed by atoms with E-state index in [2.05, 4.69) is 47.5 Å². The summed E-state index contributed by atoms with van der Waals surface area (Å²) in [6.07, 6.45) is 4.86. The van der Waals surface area contributed by atoms with Gasteiger partial charge in [-0.25, -0.2) is 0 Å². The number of nitrogens with zero attached hydrogens (tertiary/aromatic N) is 1. The van der Waals surface area contributed by atoms with Gasteiger partial charge in [0.15, 0.2) is 0 Å². The molecule has 0 amide bonds. The van der Waals surface area contributed by atoms with E-state index in [1.54, 1.807) is 0 Å². The van der Waals surface area contributed by atoms with Crippen LogP contribution in [-0.2, 0) is 6.61 Å². The minimum Gasteiger partial charge on any atom is -0.494 e. The van der Waals surface area contributed by atoms with E-state index >= 15 is 0 Å². The molecule has 0 aliphatic rings. The zero-order valence-corrected chi connectivity index (χ0v) is 18.6. The van der Waals surface area contributed by atoms with E-state index in [1.807, 2.05) is 54.6 Å². The molecule has 0 fully saturated rings. The lowest BCUT2D eigenvalue weighted by atomic mass is 10.1. The molecule has 0 saturated heterocycles. The second-order valence-electron chi connectivity index (χ2n) is 7.90. The Morgan fingerprint density at radius 3 is 2.19 bits per heavy atom. The fourth-order valence-electron chi connectivity index (χ4n) is 3.52. The van der Waals surface area contributed by atoms with Crippen molar-refractivity contribution in [2.24, 2.45) is 0 Å². The van der Waals surface area contributed by atoms with Gasteiger partial charge in [0.2, 0.25) is 0 Å². The van der Waals surface area contributed by atoms with Crippen molar-refractivity contribution in [2.45, 2.75) is 39.2 Å². The highest BCUT2D eigenvalue weighted by Gasteiger charge is 2.06. The summed E-state index contributed by atoms with van der Waals surface area (Å²) in [7, 11) is 0. The molecule has 4 heteroatoms. The van der Waals surface area contributed by atoms with E-state index in [0.717, 1.165) is 52.6 Å². The molecule has 4 aromatic rings. The van der Waals surface area contributed by atoms with Gasteiger partial charge in [-0.15, -0.1) is 0 Å². The van der Waals surface area contributed by atoms with Gasteiger partial charge in [-0.3, -0.25) is 5.10 Å². The van der Waals surface area contributed by atoms with Gasteiger partial charge in [-0.05, 0) is 60.0 Å². The lowest BCUT2D eigenvalue weighted by molar-refractivity contribution is 0.300. The Morgan fingerprint density at radius 2 is 1.44 bits per heavy atom. The van der Waals surface area contributed by atoms with Gasteiger partial charge in [0.05, 0.1) is 18.0 Å². The molecule has 0 saturated carbocycles. The highest BCUT2D eigenvalue weighted by atomic mass is 16.5. The van der Waals surface area contributed by atoms with Gasteiger partial charge in [0, 0.05) is 5.56 Å². The molecule has 32 heavy (non-hydrogen) atoms. The van der Waals surface area contributed by atoms with Crippen molar-refractivity contribution in [3.63, 3.8) is 0 Å². The third-order valence-electron chi connectivity index (χ3n) is 5.41. The number of hydrogen-bond donors (Lipinski definition) is 1. The zero-order chi connectivity index (χ0) is 22.0. The van der Waals surface area contributed by atoms with Crippen molar-refractivity contribution in [3.8, 4) is 34.0 Å². The summed E-state index contributed by atoms with van der Waals surface area (Å²) in [5, 5.41) is 7.56. The first kappa shape index (κ1) is 21.7. The van der Waals surface area contributed by atoms with Crippen molar-refractivity contribution in [1.29, 1.82) is 0 Å². The van der Waals surface area contributed by atoms with E-state index in [9.17, 15) is 0 Å². The van der Waals surface area contributed by atoms with Crippen LogP contribution in [0.5, 0.6) is 11.5 Å². The summed E-state index contributed by atoms with van der Waals surface area (Å²) in [5.41, 5.74) is 5.22. The van der Waals surface area contributed by atoms with Crippen molar-refractivity contribution < 1.29 is 9.47 Å². The monoisotopic (exact) mass is 426 g/mol. The molecule has 164 valence electrons. The van der Waals surface area contributed by atoms with Crippen LogP contribution in [-0.4, -0.2) is 16.8 Å². The molecule has 0 radical (unpaired) electrons. The molecule has 0 bridgehead atoms. The van der Waals surface area contributed by atoms with Gasteiger partial charge in [-0.1, -0.05) is 68.7 Å². The van der Waals surface area contributed by atoms with Gasteiger partial charge in [0.1, 0.15) is 18.1 Å². The number of aromatic nitrogens is 2. The molecular formula is C28H30N2O2. The number of hydrogen-bond acceptors (Lipinski definition) is 3. The van der Waals surface area contributed by atoms with Crippen LogP contribution in [0.2, 0.25) is 0 Å². The molecule has 4 nitrogen and oxygen atoms in total. The maximum atomic E-state index is 5.96. The summed E-state index contributed by atoms with van der Waals surface area (Å²) in [4.78, 5) is 0. The zero-order valence-electron chi connectivity index (χ0n) is 18.6. The van der Waals surface area contributed by atoms with Gasteiger partial charge in [-0.2, -0.15) is 5.10 Å². The average molecular weight is 427 g/mol.